The molecule has 2 aliphatic heterocycles. The Kier molecular flexibility index (Phi) is 2.99. The van der Waals surface area contributed by atoms with Crippen LogP contribution < -0.4 is 14.8 Å². The van der Waals surface area contributed by atoms with Crippen LogP contribution in [0.25, 0.3) is 0 Å². The van der Waals surface area contributed by atoms with Gasteiger partial charge in [-0.2, -0.15) is 0 Å². The predicted octanol–water partition coefficient (Wildman–Crippen LogP) is 2.17. The van der Waals surface area contributed by atoms with Crippen LogP contribution in [-0.2, 0) is 11.3 Å². The van der Waals surface area contributed by atoms with Crippen LogP contribution in [0.5, 0.6) is 11.5 Å². The molecule has 1 N–H and O–H groups in total. The maximum absolute atomic E-state index is 12.7. The summed E-state index contributed by atoms with van der Waals surface area (Å²) in [6, 6.07) is 5.21. The number of carbonyl (C=O) groups is 2. The molecule has 6 nitrogen and oxygen atoms in total. The molecule has 1 aromatic rings. The minimum absolute atomic E-state index is 0.0881. The standard InChI is InChI=1S/C16H18N2O4/c19-14-16(6-2-1-3-7-16)17-15(20)18(14)9-11-4-5-12-13(8-11)22-10-21-12/h4-5,8H,1-3,6-7,9-10H2,(H,17,20). The first-order valence-electron chi connectivity index (χ1n) is 7.71. The lowest BCUT2D eigenvalue weighted by atomic mass is 9.82. The lowest BCUT2D eigenvalue weighted by Crippen LogP contribution is -2.48. The number of fused-ring (bicyclic) bond motifs is 1. The van der Waals surface area contributed by atoms with Gasteiger partial charge in [0.15, 0.2) is 11.5 Å². The van der Waals surface area contributed by atoms with E-state index in [9.17, 15) is 9.59 Å². The van der Waals surface area contributed by atoms with E-state index in [0.717, 1.165) is 37.7 Å². The van der Waals surface area contributed by atoms with Gasteiger partial charge in [-0.1, -0.05) is 25.3 Å². The Bertz CT molecular complexity index is 637. The highest BCUT2D eigenvalue weighted by Gasteiger charge is 2.51. The Hall–Kier alpha value is -2.24. The fourth-order valence-electron chi connectivity index (χ4n) is 3.54. The first-order chi connectivity index (χ1) is 10.7. The second-order valence-electron chi connectivity index (χ2n) is 6.15. The van der Waals surface area contributed by atoms with E-state index in [1.807, 2.05) is 18.2 Å². The summed E-state index contributed by atoms with van der Waals surface area (Å²) in [7, 11) is 0. The smallest absolute Gasteiger partial charge is 0.325 e. The number of carbonyl (C=O) groups excluding carboxylic acids is 2. The van der Waals surface area contributed by atoms with Gasteiger partial charge < -0.3 is 14.8 Å². The number of hydrogen-bond acceptors (Lipinski definition) is 4. The van der Waals surface area contributed by atoms with Crippen LogP contribution in [-0.4, -0.2) is 29.2 Å². The van der Waals surface area contributed by atoms with Gasteiger partial charge in [-0.3, -0.25) is 9.69 Å². The van der Waals surface area contributed by atoms with Crippen molar-refractivity contribution in [2.45, 2.75) is 44.2 Å². The third-order valence-electron chi connectivity index (χ3n) is 4.73. The number of rotatable bonds is 2. The fourth-order valence-corrected chi connectivity index (χ4v) is 3.54. The van der Waals surface area contributed by atoms with Crippen LogP contribution >= 0.6 is 0 Å². The highest BCUT2D eigenvalue weighted by Crippen LogP contribution is 2.36. The summed E-state index contributed by atoms with van der Waals surface area (Å²) < 4.78 is 10.6. The second-order valence-corrected chi connectivity index (χ2v) is 6.15. The third kappa shape index (κ3) is 2.01. The van der Waals surface area contributed by atoms with E-state index in [1.165, 1.54) is 4.90 Å². The summed E-state index contributed by atoms with van der Waals surface area (Å²) >= 11 is 0. The molecule has 1 saturated carbocycles. The van der Waals surface area contributed by atoms with Crippen molar-refractivity contribution in [1.82, 2.24) is 10.2 Å². The maximum atomic E-state index is 12.7. The summed E-state index contributed by atoms with van der Waals surface area (Å²) in [5.74, 6) is 1.27. The molecule has 4 rings (SSSR count). The quantitative estimate of drug-likeness (QED) is 0.850. The molecule has 0 unspecified atom stereocenters. The number of imide groups is 1. The molecule has 22 heavy (non-hydrogen) atoms. The van der Waals surface area contributed by atoms with E-state index >= 15 is 0 Å². The normalized spacial score (nSPS) is 22.3. The zero-order valence-electron chi connectivity index (χ0n) is 12.3. The number of nitrogens with one attached hydrogen (secondary N) is 1. The summed E-state index contributed by atoms with van der Waals surface area (Å²) in [6.07, 6.45) is 4.60. The lowest BCUT2D eigenvalue weighted by molar-refractivity contribution is -0.132. The molecule has 0 atom stereocenters. The van der Waals surface area contributed by atoms with Crippen molar-refractivity contribution in [2.75, 3.05) is 6.79 Å². The number of nitrogens with zero attached hydrogens (tertiary/aromatic N) is 1. The Morgan fingerprint density at radius 2 is 1.86 bits per heavy atom. The molecular weight excluding hydrogens is 284 g/mol. The van der Waals surface area contributed by atoms with E-state index < -0.39 is 5.54 Å². The molecule has 0 radical (unpaired) electrons. The van der Waals surface area contributed by atoms with E-state index in [0.29, 0.717) is 11.5 Å². The molecule has 1 aromatic carbocycles. The monoisotopic (exact) mass is 302 g/mol. The molecule has 3 aliphatic rings. The van der Waals surface area contributed by atoms with Gasteiger partial charge in [-0.05, 0) is 30.5 Å². The second kappa shape index (κ2) is 4.90. The highest BCUT2D eigenvalue weighted by molar-refractivity contribution is 6.07. The van der Waals surface area contributed by atoms with Gasteiger partial charge in [0, 0.05) is 0 Å². The fraction of sp³-hybridized carbons (Fsp3) is 0.500. The number of ether oxygens (including phenoxy) is 2. The van der Waals surface area contributed by atoms with Gasteiger partial charge in [-0.15, -0.1) is 0 Å². The molecule has 0 bridgehead atoms. The summed E-state index contributed by atoms with van der Waals surface area (Å²) in [5.41, 5.74) is 0.201. The Balaban J connectivity index is 1.55. The molecule has 1 aliphatic carbocycles. The summed E-state index contributed by atoms with van der Waals surface area (Å²) in [5, 5.41) is 2.92. The Morgan fingerprint density at radius 3 is 2.68 bits per heavy atom. The van der Waals surface area contributed by atoms with Gasteiger partial charge in [0.25, 0.3) is 5.91 Å². The molecule has 116 valence electrons. The van der Waals surface area contributed by atoms with Crippen molar-refractivity contribution >= 4 is 11.9 Å². The summed E-state index contributed by atoms with van der Waals surface area (Å²) in [6.45, 7) is 0.480. The molecular formula is C16H18N2O4. The van der Waals surface area contributed by atoms with E-state index in [2.05, 4.69) is 5.32 Å². The van der Waals surface area contributed by atoms with Crippen LogP contribution in [0, 0.1) is 0 Å². The van der Waals surface area contributed by atoms with Crippen LogP contribution in [0.3, 0.4) is 0 Å². The van der Waals surface area contributed by atoms with Crippen molar-refractivity contribution in [3.63, 3.8) is 0 Å². The van der Waals surface area contributed by atoms with Crippen molar-refractivity contribution < 1.29 is 19.1 Å². The third-order valence-corrected chi connectivity index (χ3v) is 4.73. The van der Waals surface area contributed by atoms with Gasteiger partial charge in [-0.25, -0.2) is 4.79 Å². The van der Waals surface area contributed by atoms with Gasteiger partial charge in [0.05, 0.1) is 6.54 Å². The molecule has 1 saturated heterocycles. The first kappa shape index (κ1) is 13.4. The maximum Gasteiger partial charge on any atom is 0.325 e. The average molecular weight is 302 g/mol. The van der Waals surface area contributed by atoms with Crippen LogP contribution in [0.1, 0.15) is 37.7 Å². The highest BCUT2D eigenvalue weighted by atomic mass is 16.7. The van der Waals surface area contributed by atoms with Crippen LogP contribution in [0.4, 0.5) is 4.79 Å². The zero-order valence-corrected chi connectivity index (χ0v) is 12.3. The predicted molar refractivity (Wildman–Crippen MR) is 77.5 cm³/mol. The van der Waals surface area contributed by atoms with Crippen molar-refractivity contribution in [2.24, 2.45) is 0 Å². The summed E-state index contributed by atoms with van der Waals surface area (Å²) in [4.78, 5) is 26.3. The van der Waals surface area contributed by atoms with Crippen molar-refractivity contribution in [3.05, 3.63) is 23.8 Å². The van der Waals surface area contributed by atoms with Gasteiger partial charge in [0.1, 0.15) is 5.54 Å². The molecule has 2 fully saturated rings. The topological polar surface area (TPSA) is 67.9 Å². The first-order valence-corrected chi connectivity index (χ1v) is 7.71. The lowest BCUT2D eigenvalue weighted by Gasteiger charge is -2.30. The number of hydrogen-bond donors (Lipinski definition) is 1. The van der Waals surface area contributed by atoms with Gasteiger partial charge >= 0.3 is 6.03 Å². The number of amides is 3. The van der Waals surface area contributed by atoms with E-state index in [1.54, 1.807) is 0 Å². The van der Waals surface area contributed by atoms with Crippen LogP contribution in [0.15, 0.2) is 18.2 Å². The molecule has 1 spiro atoms. The average Bonchev–Trinajstić information content (AvgIpc) is 3.07. The number of benzene rings is 1. The van der Waals surface area contributed by atoms with E-state index in [-0.39, 0.29) is 25.3 Å². The molecule has 2 heterocycles. The minimum atomic E-state index is -0.661. The molecule has 3 amide bonds. The van der Waals surface area contributed by atoms with Gasteiger partial charge in [0.2, 0.25) is 6.79 Å². The number of urea groups is 1. The zero-order chi connectivity index (χ0) is 15.2. The van der Waals surface area contributed by atoms with E-state index in [4.69, 9.17) is 9.47 Å². The Morgan fingerprint density at radius 1 is 1.09 bits per heavy atom. The molecule has 0 aromatic heterocycles. The van der Waals surface area contributed by atoms with Crippen molar-refractivity contribution in [3.8, 4) is 11.5 Å². The minimum Gasteiger partial charge on any atom is -0.454 e. The molecule has 6 heteroatoms. The SMILES string of the molecule is O=C1NC2(CCCCC2)C(=O)N1Cc1ccc2c(c1)OCO2. The largest absolute Gasteiger partial charge is 0.454 e. The van der Waals surface area contributed by atoms with Crippen LogP contribution in [0.2, 0.25) is 0 Å². The van der Waals surface area contributed by atoms with Crippen molar-refractivity contribution in [1.29, 1.82) is 0 Å². The Labute approximate surface area is 128 Å².